The number of carbonyl (C=O) groups excluding carboxylic acids is 2. The number of aromatic amines is 1. The number of H-pyrrole nitrogens is 1. The second-order valence-corrected chi connectivity index (χ2v) is 5.80. The molecule has 0 saturated carbocycles. The van der Waals surface area contributed by atoms with Gasteiger partial charge in [-0.15, -0.1) is 0 Å². The number of ether oxygens (including phenoxy) is 1. The van der Waals surface area contributed by atoms with Gasteiger partial charge in [-0.2, -0.15) is 5.10 Å². The van der Waals surface area contributed by atoms with Crippen LogP contribution >= 0.6 is 0 Å². The molecule has 23 heavy (non-hydrogen) atoms. The summed E-state index contributed by atoms with van der Waals surface area (Å²) in [5.41, 5.74) is 0. The molecule has 0 unspecified atom stereocenters. The fourth-order valence-electron chi connectivity index (χ4n) is 2.62. The summed E-state index contributed by atoms with van der Waals surface area (Å²) in [7, 11) is 0. The van der Waals surface area contributed by atoms with Gasteiger partial charge in [0.2, 0.25) is 11.8 Å². The van der Waals surface area contributed by atoms with Crippen LogP contribution in [0.15, 0.2) is 0 Å². The predicted octanol–water partition coefficient (Wildman–Crippen LogP) is 0.565. The van der Waals surface area contributed by atoms with Crippen LogP contribution in [0, 0.1) is 12.8 Å². The number of carbonyl (C=O) groups is 2. The van der Waals surface area contributed by atoms with Crippen molar-refractivity contribution in [3.8, 4) is 0 Å². The average molecular weight is 323 g/mol. The Hall–Kier alpha value is -1.96. The lowest BCUT2D eigenvalue weighted by molar-refractivity contribution is -0.139. The van der Waals surface area contributed by atoms with Gasteiger partial charge in [0.1, 0.15) is 12.4 Å². The van der Waals surface area contributed by atoms with Crippen molar-refractivity contribution in [2.75, 3.05) is 26.3 Å². The third kappa shape index (κ3) is 4.75. The lowest BCUT2D eigenvalue weighted by Gasteiger charge is -2.31. The Labute approximate surface area is 136 Å². The van der Waals surface area contributed by atoms with Gasteiger partial charge < -0.3 is 15.0 Å². The largest absolute Gasteiger partial charge is 0.372 e. The van der Waals surface area contributed by atoms with Crippen LogP contribution in [0.1, 0.15) is 44.4 Å². The number of hydrogen-bond donors (Lipinski definition) is 2. The van der Waals surface area contributed by atoms with Crippen LogP contribution in [-0.4, -0.2) is 58.2 Å². The second-order valence-electron chi connectivity index (χ2n) is 5.80. The summed E-state index contributed by atoms with van der Waals surface area (Å²) in [4.78, 5) is 30.2. The highest BCUT2D eigenvalue weighted by atomic mass is 16.5. The van der Waals surface area contributed by atoms with E-state index in [4.69, 9.17) is 4.74 Å². The normalized spacial score (nSPS) is 17.1. The summed E-state index contributed by atoms with van der Waals surface area (Å²) in [5, 5.41) is 9.77. The summed E-state index contributed by atoms with van der Waals surface area (Å²) >= 11 is 0. The minimum Gasteiger partial charge on any atom is -0.372 e. The quantitative estimate of drug-likeness (QED) is 0.797. The fourth-order valence-corrected chi connectivity index (χ4v) is 2.62. The van der Waals surface area contributed by atoms with E-state index in [9.17, 15) is 9.59 Å². The summed E-state index contributed by atoms with van der Waals surface area (Å²) < 4.78 is 5.14. The maximum atomic E-state index is 12.3. The van der Waals surface area contributed by atoms with Gasteiger partial charge in [-0.25, -0.2) is 4.98 Å². The van der Waals surface area contributed by atoms with E-state index < -0.39 is 0 Å². The van der Waals surface area contributed by atoms with Crippen molar-refractivity contribution in [2.45, 2.75) is 39.7 Å². The number of rotatable bonds is 6. The third-order valence-electron chi connectivity index (χ3n) is 4.01. The van der Waals surface area contributed by atoms with Crippen molar-refractivity contribution in [3.63, 3.8) is 0 Å². The lowest BCUT2D eigenvalue weighted by Crippen LogP contribution is -2.44. The number of nitrogens with one attached hydrogen (secondary N) is 2. The van der Waals surface area contributed by atoms with Crippen molar-refractivity contribution in [1.29, 1.82) is 0 Å². The molecule has 0 aliphatic carbocycles. The molecule has 8 heteroatoms. The molecule has 1 fully saturated rings. The zero-order valence-electron chi connectivity index (χ0n) is 14.0. The minimum absolute atomic E-state index is 0.00291. The molecule has 128 valence electrons. The third-order valence-corrected chi connectivity index (χ3v) is 4.01. The molecule has 1 saturated heterocycles. The van der Waals surface area contributed by atoms with Crippen molar-refractivity contribution in [3.05, 3.63) is 11.6 Å². The van der Waals surface area contributed by atoms with Crippen molar-refractivity contribution in [1.82, 2.24) is 25.4 Å². The van der Waals surface area contributed by atoms with Crippen molar-refractivity contribution >= 4 is 11.8 Å². The first-order valence-corrected chi connectivity index (χ1v) is 8.06. The van der Waals surface area contributed by atoms with Gasteiger partial charge in [0.15, 0.2) is 5.82 Å². The van der Waals surface area contributed by atoms with Crippen molar-refractivity contribution < 1.29 is 14.3 Å². The maximum absolute atomic E-state index is 12.3. The fraction of sp³-hybridized carbons (Fsp3) is 0.733. The number of amides is 2. The van der Waals surface area contributed by atoms with Gasteiger partial charge in [0.25, 0.3) is 0 Å². The van der Waals surface area contributed by atoms with E-state index in [1.807, 2.05) is 20.8 Å². The molecule has 2 N–H and O–H groups in total. The van der Waals surface area contributed by atoms with Gasteiger partial charge in [0, 0.05) is 25.6 Å². The number of aromatic nitrogens is 3. The molecule has 1 atom stereocenters. The second kappa shape index (κ2) is 8.05. The number of aryl methyl sites for hydroxylation is 1. The molecule has 0 aromatic carbocycles. The molecule has 0 spiro atoms. The van der Waals surface area contributed by atoms with Crippen LogP contribution in [0.4, 0.5) is 0 Å². The summed E-state index contributed by atoms with van der Waals surface area (Å²) in [6, 6.07) is -0.231. The highest BCUT2D eigenvalue weighted by molar-refractivity contribution is 5.80. The first kappa shape index (κ1) is 17.4. The van der Waals surface area contributed by atoms with E-state index in [0.717, 1.165) is 5.82 Å². The average Bonchev–Trinajstić information content (AvgIpc) is 2.99. The van der Waals surface area contributed by atoms with Crippen LogP contribution in [-0.2, 0) is 14.3 Å². The Morgan fingerprint density at radius 2 is 2.13 bits per heavy atom. The van der Waals surface area contributed by atoms with Crippen LogP contribution in [0.3, 0.4) is 0 Å². The number of nitrogens with zero attached hydrogens (tertiary/aromatic N) is 3. The maximum Gasteiger partial charge on any atom is 0.248 e. The molecule has 0 radical (unpaired) electrons. The molecule has 1 aromatic heterocycles. The van der Waals surface area contributed by atoms with E-state index in [0.29, 0.717) is 38.4 Å². The van der Waals surface area contributed by atoms with Crippen molar-refractivity contribution in [2.24, 2.45) is 5.92 Å². The molecule has 8 nitrogen and oxygen atoms in total. The minimum atomic E-state index is -0.231. The molecule has 1 aliphatic rings. The first-order chi connectivity index (χ1) is 11.0. The number of likely N-dealkylation sites (tertiary alicyclic amines) is 1. The highest BCUT2D eigenvalue weighted by Gasteiger charge is 2.28. The lowest BCUT2D eigenvalue weighted by atomic mass is 9.95. The Kier molecular flexibility index (Phi) is 6.09. The molecule has 2 rings (SSSR count). The summed E-state index contributed by atoms with van der Waals surface area (Å²) in [6.07, 6.45) is 1.34. The smallest absolute Gasteiger partial charge is 0.248 e. The zero-order chi connectivity index (χ0) is 16.8. The zero-order valence-corrected chi connectivity index (χ0v) is 14.0. The Bertz CT molecular complexity index is 537. The van der Waals surface area contributed by atoms with Gasteiger partial charge in [-0.1, -0.05) is 0 Å². The van der Waals surface area contributed by atoms with E-state index in [1.54, 1.807) is 4.90 Å². The molecule has 2 heterocycles. The first-order valence-electron chi connectivity index (χ1n) is 8.06. The highest BCUT2D eigenvalue weighted by Crippen LogP contribution is 2.19. The molecule has 2 amide bonds. The number of piperidine rings is 1. The monoisotopic (exact) mass is 323 g/mol. The molecule has 1 aliphatic heterocycles. The van der Waals surface area contributed by atoms with Gasteiger partial charge >= 0.3 is 0 Å². The van der Waals surface area contributed by atoms with Crippen LogP contribution in [0.5, 0.6) is 0 Å². The van der Waals surface area contributed by atoms with Gasteiger partial charge in [0.05, 0.1) is 6.04 Å². The predicted molar refractivity (Wildman–Crippen MR) is 83.5 cm³/mol. The van der Waals surface area contributed by atoms with Gasteiger partial charge in [-0.3, -0.25) is 14.7 Å². The van der Waals surface area contributed by atoms with E-state index in [-0.39, 0.29) is 30.4 Å². The molecular weight excluding hydrogens is 298 g/mol. The Balaban J connectivity index is 1.78. The standard InChI is InChI=1S/C15H25N5O3/c1-4-23-9-13(21)20-7-5-12(6-8-20)15(22)16-10(2)14-17-11(3)18-19-14/h10,12H,4-9H2,1-3H3,(H,16,22)(H,17,18,19)/t10-/m0/s1. The molecule has 1 aromatic rings. The van der Waals surface area contributed by atoms with Crippen LogP contribution < -0.4 is 5.32 Å². The summed E-state index contributed by atoms with van der Waals surface area (Å²) in [6.45, 7) is 7.38. The Morgan fingerprint density at radius 3 is 2.70 bits per heavy atom. The van der Waals surface area contributed by atoms with E-state index in [1.165, 1.54) is 0 Å². The molecular formula is C15H25N5O3. The SMILES string of the molecule is CCOCC(=O)N1CCC(C(=O)N[C@@H](C)c2n[nH]c(C)n2)CC1. The Morgan fingerprint density at radius 1 is 1.43 bits per heavy atom. The van der Waals surface area contributed by atoms with Crippen LogP contribution in [0.2, 0.25) is 0 Å². The van der Waals surface area contributed by atoms with E-state index in [2.05, 4.69) is 20.5 Å². The van der Waals surface area contributed by atoms with E-state index >= 15 is 0 Å². The summed E-state index contributed by atoms with van der Waals surface area (Å²) in [5.74, 6) is 1.23. The number of hydrogen-bond acceptors (Lipinski definition) is 5. The van der Waals surface area contributed by atoms with Crippen LogP contribution in [0.25, 0.3) is 0 Å². The topological polar surface area (TPSA) is 100 Å². The van der Waals surface area contributed by atoms with Gasteiger partial charge in [-0.05, 0) is 33.6 Å². The molecule has 0 bridgehead atoms.